The quantitative estimate of drug-likeness (QED) is 0.605. The summed E-state index contributed by atoms with van der Waals surface area (Å²) in [4.78, 5) is 31.3. The summed E-state index contributed by atoms with van der Waals surface area (Å²) in [5.74, 6) is -0.831. The number of hydrogen-bond acceptors (Lipinski definition) is 6. The molecule has 8 nitrogen and oxygen atoms in total. The average Bonchev–Trinajstić information content (AvgIpc) is 3.28. The van der Waals surface area contributed by atoms with Crippen LogP contribution in [0.4, 0.5) is 0 Å². The van der Waals surface area contributed by atoms with Crippen molar-refractivity contribution in [3.63, 3.8) is 0 Å². The number of aromatic nitrogens is 2. The van der Waals surface area contributed by atoms with Crippen molar-refractivity contribution in [3.8, 4) is 0 Å². The molecular formula is C23H29ClN4O4. The second-order valence-corrected chi connectivity index (χ2v) is 8.65. The van der Waals surface area contributed by atoms with Gasteiger partial charge < -0.3 is 14.9 Å². The van der Waals surface area contributed by atoms with Crippen LogP contribution in [0, 0.1) is 13.8 Å². The lowest BCUT2D eigenvalue weighted by molar-refractivity contribution is -0.168. The van der Waals surface area contributed by atoms with E-state index in [1.165, 1.54) is 0 Å². The molecule has 0 spiro atoms. The molecule has 1 N–H and O–H groups in total. The zero-order chi connectivity index (χ0) is 23.5. The van der Waals surface area contributed by atoms with Gasteiger partial charge in [-0.05, 0) is 40.2 Å². The predicted octanol–water partition coefficient (Wildman–Crippen LogP) is 3.78. The van der Waals surface area contributed by atoms with Gasteiger partial charge in [0.05, 0.1) is 29.6 Å². The van der Waals surface area contributed by atoms with Crippen LogP contribution in [0.5, 0.6) is 0 Å². The average molecular weight is 461 g/mol. The zero-order valence-corrected chi connectivity index (χ0v) is 19.8. The van der Waals surface area contributed by atoms with Crippen molar-refractivity contribution >= 4 is 29.2 Å². The molecule has 1 aromatic heterocycles. The topological polar surface area (TPSA) is 94.8 Å². The highest BCUT2D eigenvalue weighted by atomic mass is 35.5. The zero-order valence-electron chi connectivity index (χ0n) is 19.1. The summed E-state index contributed by atoms with van der Waals surface area (Å²) >= 11 is 6.31. The minimum Gasteiger partial charge on any atom is -0.463 e. The molecule has 1 unspecified atom stereocenters. The fraction of sp³-hybridized carbons (Fsp3) is 0.478. The number of benzene rings is 1. The van der Waals surface area contributed by atoms with Crippen LogP contribution in [-0.4, -0.2) is 46.1 Å². The molecule has 1 amide bonds. The number of oxime groups is 1. The van der Waals surface area contributed by atoms with E-state index < -0.39 is 11.6 Å². The van der Waals surface area contributed by atoms with Crippen molar-refractivity contribution < 1.29 is 19.2 Å². The Labute approximate surface area is 192 Å². The lowest BCUT2D eigenvalue weighted by Gasteiger charge is -2.24. The number of aryl methyl sites for hydroxylation is 2. The number of hydrogen-bond donors (Lipinski definition) is 1. The van der Waals surface area contributed by atoms with Gasteiger partial charge in [-0.15, -0.1) is 0 Å². The fourth-order valence-corrected chi connectivity index (χ4v) is 3.91. The molecule has 0 saturated heterocycles. The lowest BCUT2D eigenvalue weighted by atomic mass is 9.89. The van der Waals surface area contributed by atoms with E-state index in [2.05, 4.69) is 15.6 Å². The van der Waals surface area contributed by atoms with Gasteiger partial charge in [-0.3, -0.25) is 9.48 Å². The van der Waals surface area contributed by atoms with Crippen LogP contribution in [0.2, 0.25) is 5.02 Å². The van der Waals surface area contributed by atoms with E-state index in [9.17, 15) is 9.59 Å². The van der Waals surface area contributed by atoms with Crippen molar-refractivity contribution in [1.29, 1.82) is 0 Å². The third kappa shape index (κ3) is 4.96. The van der Waals surface area contributed by atoms with E-state index in [-0.39, 0.29) is 31.5 Å². The summed E-state index contributed by atoms with van der Waals surface area (Å²) < 4.78 is 6.88. The Bertz CT molecular complexity index is 1050. The van der Waals surface area contributed by atoms with E-state index >= 15 is 0 Å². The maximum atomic E-state index is 12.8. The molecule has 0 fully saturated rings. The minimum absolute atomic E-state index is 0.0279. The van der Waals surface area contributed by atoms with E-state index in [0.717, 1.165) is 11.1 Å². The monoisotopic (exact) mass is 460 g/mol. The van der Waals surface area contributed by atoms with Gasteiger partial charge in [0.25, 0.3) is 5.91 Å². The van der Waals surface area contributed by atoms with Crippen LogP contribution in [0.25, 0.3) is 0 Å². The van der Waals surface area contributed by atoms with E-state index in [1.807, 2.05) is 45.0 Å². The van der Waals surface area contributed by atoms with Crippen molar-refractivity contribution in [2.75, 3.05) is 13.2 Å². The Morgan fingerprint density at radius 2 is 2.09 bits per heavy atom. The molecule has 172 valence electrons. The summed E-state index contributed by atoms with van der Waals surface area (Å²) in [7, 11) is 0. The number of halogens is 1. The van der Waals surface area contributed by atoms with Crippen molar-refractivity contribution in [3.05, 3.63) is 51.8 Å². The molecule has 3 rings (SSSR count). The predicted molar refractivity (Wildman–Crippen MR) is 122 cm³/mol. The van der Waals surface area contributed by atoms with Gasteiger partial charge in [0.15, 0.2) is 0 Å². The highest BCUT2D eigenvalue weighted by molar-refractivity contribution is 6.34. The Morgan fingerprint density at radius 1 is 1.34 bits per heavy atom. The molecule has 1 aliphatic heterocycles. The Hall–Kier alpha value is -2.87. The van der Waals surface area contributed by atoms with E-state index in [4.69, 9.17) is 21.2 Å². The number of nitrogens with one attached hydrogen (secondary N) is 1. The third-order valence-electron chi connectivity index (χ3n) is 5.23. The summed E-state index contributed by atoms with van der Waals surface area (Å²) in [6.07, 6.45) is 0.538. The molecule has 0 radical (unpaired) electrons. The fourth-order valence-electron chi connectivity index (χ4n) is 3.70. The second kappa shape index (κ2) is 9.73. The minimum atomic E-state index is -1.25. The van der Waals surface area contributed by atoms with E-state index in [1.54, 1.807) is 18.5 Å². The summed E-state index contributed by atoms with van der Waals surface area (Å²) in [5, 5.41) is 11.6. The van der Waals surface area contributed by atoms with E-state index in [0.29, 0.717) is 28.5 Å². The Balaban J connectivity index is 1.73. The van der Waals surface area contributed by atoms with Crippen molar-refractivity contribution in [1.82, 2.24) is 15.1 Å². The van der Waals surface area contributed by atoms with Crippen LogP contribution in [0.15, 0.2) is 29.4 Å². The van der Waals surface area contributed by atoms with Gasteiger partial charge in [-0.25, -0.2) is 4.79 Å². The van der Waals surface area contributed by atoms with Gasteiger partial charge in [0, 0.05) is 18.9 Å². The molecule has 1 atom stereocenters. The molecule has 1 aromatic carbocycles. The van der Waals surface area contributed by atoms with Gasteiger partial charge in [0.1, 0.15) is 5.69 Å². The first-order chi connectivity index (χ1) is 15.2. The number of ether oxygens (including phenoxy) is 1. The molecule has 0 aliphatic carbocycles. The summed E-state index contributed by atoms with van der Waals surface area (Å²) in [6, 6.07) is 7.84. The first kappa shape index (κ1) is 23.8. The summed E-state index contributed by atoms with van der Waals surface area (Å²) in [5.41, 5.74) is 2.21. The van der Waals surface area contributed by atoms with Crippen LogP contribution >= 0.6 is 11.6 Å². The standard InChI is InChI=1S/C23H29ClN4O4/c1-6-31-22(30)23(11-17-9-7-8-15(4)10-17)12-18(27-32-23)13-25-21(29)20-19(24)16(5)26-28(20)14(2)3/h7-10,14H,6,11-13H2,1-5H3,(H,25,29). The van der Waals surface area contributed by atoms with Crippen molar-refractivity contribution in [2.24, 2.45) is 5.16 Å². The SMILES string of the molecule is CCOC(=O)C1(Cc2cccc(C)c2)CC(CNC(=O)c2c(Cl)c(C)nn2C(C)C)=NO1. The maximum Gasteiger partial charge on any atom is 0.354 e. The highest BCUT2D eigenvalue weighted by Gasteiger charge is 2.48. The van der Waals surface area contributed by atoms with Gasteiger partial charge in [-0.1, -0.05) is 46.6 Å². The number of carbonyl (C=O) groups excluding carboxylic acids is 2. The number of carbonyl (C=O) groups is 2. The lowest BCUT2D eigenvalue weighted by Crippen LogP contribution is -2.43. The normalized spacial score (nSPS) is 17.8. The smallest absolute Gasteiger partial charge is 0.354 e. The molecule has 2 aromatic rings. The van der Waals surface area contributed by atoms with Crippen LogP contribution in [0.1, 0.15) is 60.5 Å². The Morgan fingerprint density at radius 3 is 2.75 bits per heavy atom. The molecule has 0 saturated carbocycles. The first-order valence-corrected chi connectivity index (χ1v) is 11.0. The largest absolute Gasteiger partial charge is 0.463 e. The molecular weight excluding hydrogens is 432 g/mol. The number of amides is 1. The number of rotatable bonds is 8. The maximum absolute atomic E-state index is 12.8. The number of nitrogens with zero attached hydrogens (tertiary/aromatic N) is 3. The molecule has 32 heavy (non-hydrogen) atoms. The highest BCUT2D eigenvalue weighted by Crippen LogP contribution is 2.30. The second-order valence-electron chi connectivity index (χ2n) is 8.28. The van der Waals surface area contributed by atoms with Gasteiger partial charge in [0.2, 0.25) is 5.60 Å². The van der Waals surface area contributed by atoms with Crippen LogP contribution in [-0.2, 0) is 20.8 Å². The van der Waals surface area contributed by atoms with Crippen LogP contribution < -0.4 is 5.32 Å². The van der Waals surface area contributed by atoms with Crippen LogP contribution in [0.3, 0.4) is 0 Å². The molecule has 2 heterocycles. The van der Waals surface area contributed by atoms with Gasteiger partial charge >= 0.3 is 5.97 Å². The molecule has 9 heteroatoms. The van der Waals surface area contributed by atoms with Crippen molar-refractivity contribution in [2.45, 2.75) is 59.1 Å². The molecule has 1 aliphatic rings. The third-order valence-corrected chi connectivity index (χ3v) is 5.68. The number of esters is 1. The van der Waals surface area contributed by atoms with Gasteiger partial charge in [-0.2, -0.15) is 5.10 Å². The molecule has 0 bridgehead atoms. The first-order valence-electron chi connectivity index (χ1n) is 10.7. The Kier molecular flexibility index (Phi) is 7.23. The summed E-state index contributed by atoms with van der Waals surface area (Å²) in [6.45, 7) is 9.70.